The first kappa shape index (κ1) is 126. The summed E-state index contributed by atoms with van der Waals surface area (Å²) in [5.41, 5.74) is 7.04. The number of rotatable bonds is 35. The van der Waals surface area contributed by atoms with Crippen molar-refractivity contribution >= 4 is 82.2 Å². The quantitative estimate of drug-likeness (QED) is 0.0172. The molecule has 0 amide bonds. The van der Waals surface area contributed by atoms with Gasteiger partial charge in [0.15, 0.2) is 44.0 Å². The number of cyclic esters (lactones) is 1. The van der Waals surface area contributed by atoms with E-state index >= 15 is 0 Å². The van der Waals surface area contributed by atoms with Crippen molar-refractivity contribution in [2.75, 3.05) is 89.0 Å². The van der Waals surface area contributed by atoms with Gasteiger partial charge in [-0.1, -0.05) is 58.4 Å². The van der Waals surface area contributed by atoms with E-state index in [1.54, 1.807) is 39.0 Å². The topological polar surface area (TPSA) is 770 Å². The second-order valence-corrected chi connectivity index (χ2v) is 41.3. The Balaban J connectivity index is 0.000000505. The number of thiazole rings is 1. The monoisotopic (exact) mass is 2160 g/mol. The lowest BCUT2D eigenvalue weighted by molar-refractivity contribution is -0.395. The number of ketones is 3. The third-order valence-electron chi connectivity index (χ3n) is 26.8. The van der Waals surface area contributed by atoms with E-state index in [1.807, 2.05) is 57.4 Å². The molecular weight excluding hydrogens is 2010 g/mol. The molecule has 49 nitrogen and oxygen atoms in total. The largest absolute Gasteiger partial charge is 0.481 e. The first-order valence-corrected chi connectivity index (χ1v) is 51.7. The number of nitrogens with zero attached hydrogens (tertiary/aromatic N) is 1. The van der Waals surface area contributed by atoms with Crippen molar-refractivity contribution in [3.8, 4) is 0 Å². The Morgan fingerprint density at radius 3 is 1.23 bits per heavy atom. The zero-order valence-electron chi connectivity index (χ0n) is 82.1. The van der Waals surface area contributed by atoms with Gasteiger partial charge < -0.3 is 203 Å². The van der Waals surface area contributed by atoms with Gasteiger partial charge >= 0.3 is 23.9 Å². The Morgan fingerprint density at radius 1 is 0.507 bits per heavy atom. The molecule has 0 spiro atoms. The zero-order chi connectivity index (χ0) is 107. The lowest BCUT2D eigenvalue weighted by Gasteiger charge is -2.50. The first-order chi connectivity index (χ1) is 68.8. The fourth-order valence-corrected chi connectivity index (χ4v) is 20.8. The van der Waals surface area contributed by atoms with Gasteiger partial charge in [0.2, 0.25) is 0 Å². The maximum atomic E-state index is 13.8. The van der Waals surface area contributed by atoms with E-state index in [4.69, 9.17) is 91.0 Å². The molecule has 23 rings (SSSR count). The molecule has 146 heavy (non-hydrogen) atoms. The van der Waals surface area contributed by atoms with E-state index in [1.165, 1.54) is 6.92 Å². The summed E-state index contributed by atoms with van der Waals surface area (Å²) >= 11 is 3.27. The first-order valence-electron chi connectivity index (χ1n) is 48.5. The number of aromatic nitrogens is 1. The smallest absolute Gasteiger partial charge is 0.310 e. The highest BCUT2D eigenvalue weighted by molar-refractivity contribution is 7.99. The van der Waals surface area contributed by atoms with Gasteiger partial charge in [-0.05, 0) is 85.4 Å². The van der Waals surface area contributed by atoms with Gasteiger partial charge in [-0.15, -0.1) is 11.3 Å². The van der Waals surface area contributed by atoms with E-state index in [-0.39, 0.29) is 101 Å². The molecule has 14 bridgehead atoms. The summed E-state index contributed by atoms with van der Waals surface area (Å²) in [4.78, 5) is 93.4. The minimum Gasteiger partial charge on any atom is -0.481 e. The minimum absolute atomic E-state index is 0. The molecule has 42 atom stereocenters. The van der Waals surface area contributed by atoms with Gasteiger partial charge in [-0.25, -0.2) is 4.98 Å². The number of hydrogen-bond donors (Lipinski definition) is 23. The van der Waals surface area contributed by atoms with Crippen LogP contribution in [0.3, 0.4) is 0 Å². The molecule has 1 aromatic heterocycles. The van der Waals surface area contributed by atoms with Crippen LogP contribution in [0.1, 0.15) is 144 Å². The van der Waals surface area contributed by atoms with Gasteiger partial charge in [0.1, 0.15) is 188 Å². The second kappa shape index (κ2) is 60.2. The highest BCUT2D eigenvalue weighted by Crippen LogP contribution is 2.43. The normalized spacial score (nSPS) is 39.8. The van der Waals surface area contributed by atoms with Crippen LogP contribution < -0.4 is 5.73 Å². The molecule has 22 aliphatic heterocycles. The summed E-state index contributed by atoms with van der Waals surface area (Å²) in [5.74, 6) is -9.08. The van der Waals surface area contributed by atoms with Crippen LogP contribution in [0.2, 0.25) is 0 Å². The van der Waals surface area contributed by atoms with Crippen molar-refractivity contribution in [2.45, 2.75) is 374 Å². The zero-order valence-corrected chi connectivity index (χ0v) is 84.6. The maximum absolute atomic E-state index is 13.8. The Labute approximate surface area is 857 Å². The molecule has 838 valence electrons. The average Bonchev–Trinajstić information content (AvgIpc) is 0.815. The maximum Gasteiger partial charge on any atom is 0.310 e. The SMILES string of the molecule is C.C/C1=C/C[C@@H](/C(C)=C/c2csc(C)n2)OC(=O)C[C@H](OC(=O)CCCCCN)C(C)(C)C(=O)[C@H](C)[C@@H](O)[C@@H](C)/C=C\C1.CCC(CSCC1O[C@@H]2O[C@@H]3C(CO)O[C@H](O[C@@H]4C(CO)O[C@H](O[C@@H]5C(CO)O[C@H](O[C@@H]6C(CSCC(CC(=O)CCOCCOCCC(C)=O)C(=O)O)O[C@H](O[C@@H]7C(CO)O[C@H](O[C@@H]8C(CO)O[C@H](O[C@H]1[C@H](O)C2O)C(O)[C@H]8O)C(O)[C@H]7O)C(O)[C@H]6O)C(O)[C@H]5O)C(O)[C@H]4O)C(O)[C@H]3O)C(=O)O. The predicted octanol–water partition coefficient (Wildman–Crippen LogP) is -4.83. The summed E-state index contributed by atoms with van der Waals surface area (Å²) in [6, 6.07) is 0. The Morgan fingerprint density at radius 2 is 0.877 bits per heavy atom. The van der Waals surface area contributed by atoms with Crippen molar-refractivity contribution in [2.24, 2.45) is 34.8 Å². The van der Waals surface area contributed by atoms with Crippen molar-refractivity contribution in [3.05, 3.63) is 45.5 Å². The van der Waals surface area contributed by atoms with Crippen LogP contribution in [0.5, 0.6) is 0 Å². The molecule has 24 N–H and O–H groups in total. The third-order valence-corrected chi connectivity index (χ3v) is 30.0. The molecule has 21 saturated heterocycles. The average molecular weight is 2160 g/mol. The highest BCUT2D eigenvalue weighted by Gasteiger charge is 2.61. The van der Waals surface area contributed by atoms with E-state index < -0.39 is 331 Å². The van der Waals surface area contributed by atoms with Crippen LogP contribution in [-0.4, -0.2) is 481 Å². The third kappa shape index (κ3) is 33.7. The highest BCUT2D eigenvalue weighted by atomic mass is 32.2. The van der Waals surface area contributed by atoms with Crippen LogP contribution in [0.4, 0.5) is 0 Å². The Bertz CT molecular complexity index is 4250. The van der Waals surface area contributed by atoms with E-state index in [9.17, 15) is 146 Å². The van der Waals surface area contributed by atoms with Crippen LogP contribution in [0.25, 0.3) is 6.08 Å². The molecule has 0 saturated carbocycles. The fourth-order valence-electron chi connectivity index (χ4n) is 17.8. The van der Waals surface area contributed by atoms with E-state index in [0.717, 1.165) is 58.2 Å². The molecule has 21 fully saturated rings. The number of aliphatic carboxylic acids is 2. The summed E-state index contributed by atoms with van der Waals surface area (Å²) in [7, 11) is 0. The number of allylic oxidation sites excluding steroid dienone is 2. The van der Waals surface area contributed by atoms with Crippen molar-refractivity contribution in [3.63, 3.8) is 0 Å². The number of unbranched alkanes of at least 4 members (excludes halogenated alkanes) is 2. The van der Waals surface area contributed by atoms with E-state index in [2.05, 4.69) is 4.98 Å². The number of carboxylic acid groups (broad SMARTS) is 2. The molecule has 16 unspecified atom stereocenters. The van der Waals surface area contributed by atoms with Crippen LogP contribution in [-0.2, 0) is 119 Å². The molecule has 52 heteroatoms. The number of nitrogens with two attached hydrogens (primary N) is 1. The summed E-state index contributed by atoms with van der Waals surface area (Å²) in [6.45, 7) is 11.0. The molecule has 1 aromatic rings. The second-order valence-electron chi connectivity index (χ2n) is 38.1. The summed E-state index contributed by atoms with van der Waals surface area (Å²) in [6.07, 6.45) is -64.2. The molecule has 23 heterocycles. The molecule has 22 aliphatic rings. The van der Waals surface area contributed by atoms with Crippen LogP contribution in [0.15, 0.2) is 34.8 Å². The minimum atomic E-state index is -2.31. The molecule has 0 aliphatic carbocycles. The fraction of sp³-hybridized carbons (Fsp3) is 0.830. The standard InChI is InChI=1S/C60H98O41S2.C33H50N2O6S.CH4/c1-3-21(52(82)83)16-102-18-29-50-36(73)43(80)59(93-29)98-48-27(14-64)89-55(39(76)32(48)69)95-45-24(11-61)88-54(38(75)31(45)68)96-46-26(13-63)92-58(42(79)35(46)72)101-51-30(19-103-17-22(53(84)85)10-23(67)5-7-87-9-8-86-6-4-20(2)66)94-60(44(81)37(51)74)99-49-28(15-65)90-56(40(77)33(49)70)97-47-25(12-62)91-57(100-50)41(78)34(47)71;1-21-12-11-13-22(2)31(38)24(4)32(39)33(6,7)28(41-29(36)14-9-8-10-17-34)19-30(37)40-27(16-15-21)23(3)18-26-20-42-25(5)35-26;/h21-22,24-51,54-65,68-81H,3-19H2,1-2H3,(H,82,83)(H,84,85);11,13,15,18,20,22,24,27-28,31,38H,8-10,12,14,16-17,19,34H2,1-7H3;1H4/b;13-11-,21-15-,23-18+;/t21?,22?,24?,25?,26?,27?,28?,29?,30?,31-,32-,33-,34-,35-,36-,37-,38?,39?,40?,41?,42?,43?,44?,45-,46-,47-,48-,49-,50-,51-,54-,55-,56-,57-,58-,59-,60-;22-,24+,27-,28-,31-;/m10./s1. The van der Waals surface area contributed by atoms with Crippen molar-refractivity contribution in [1.29, 1.82) is 0 Å². The number of aliphatic hydroxyl groups is 20. The number of thioether (sulfide) groups is 2. The number of ether oxygens (including phenoxy) is 18. The van der Waals surface area contributed by atoms with Gasteiger partial charge in [0.05, 0.1) is 112 Å². The van der Waals surface area contributed by atoms with Gasteiger partial charge in [0.25, 0.3) is 0 Å². The number of esters is 2. The Hall–Kier alpha value is -5.04. The number of hydrogen-bond acceptors (Lipinski definition) is 50. The number of carboxylic acids is 2. The summed E-state index contributed by atoms with van der Waals surface area (Å²) < 4.78 is 105. The van der Waals surface area contributed by atoms with E-state index in [0.29, 0.717) is 25.8 Å². The number of Topliss-reactive ketones (excluding diaryl/α,β-unsaturated/α-hetero) is 3. The van der Waals surface area contributed by atoms with Crippen molar-refractivity contribution < 1.29 is 231 Å². The molecule has 0 aromatic carbocycles. The number of aryl methyl sites for hydroxylation is 1. The van der Waals surface area contributed by atoms with Gasteiger partial charge in [-0.2, -0.15) is 23.5 Å². The lowest BCUT2D eigenvalue weighted by Crippen LogP contribution is -2.68. The number of aliphatic hydroxyl groups excluding tert-OH is 20. The van der Waals surface area contributed by atoms with Gasteiger partial charge in [-0.3, -0.25) is 33.6 Å². The molecule has 0 radical (unpaired) electrons. The van der Waals surface area contributed by atoms with Crippen LogP contribution in [0, 0.1) is 36.0 Å². The van der Waals surface area contributed by atoms with Gasteiger partial charge in [0, 0.05) is 72.3 Å². The Kier molecular flexibility index (Phi) is 52.0. The number of carbonyl (C=O) groups excluding carboxylic acids is 5. The number of carbonyl (C=O) groups is 7. The lowest BCUT2D eigenvalue weighted by atomic mass is 9.73. The molecular formula is C94H152N2O47S3. The van der Waals surface area contributed by atoms with Crippen molar-refractivity contribution in [1.82, 2.24) is 4.98 Å². The predicted molar refractivity (Wildman–Crippen MR) is 507 cm³/mol. The van der Waals surface area contributed by atoms with Crippen LogP contribution >= 0.6 is 34.9 Å². The summed E-state index contributed by atoms with van der Waals surface area (Å²) in [5, 5.41) is 251.